The molecular weight excluding hydrogens is 294 g/mol. The number of carboxylic acid groups (broad SMARTS) is 1. The molecule has 0 radical (unpaired) electrons. The summed E-state index contributed by atoms with van der Waals surface area (Å²) in [4.78, 5) is 11.1. The molecule has 1 aliphatic rings. The van der Waals surface area contributed by atoms with Gasteiger partial charge in [0, 0.05) is 13.1 Å². The zero-order valence-electron chi connectivity index (χ0n) is 12.1. The molecule has 7 heteroatoms. The van der Waals surface area contributed by atoms with E-state index in [0.717, 1.165) is 5.56 Å². The first-order chi connectivity index (χ1) is 9.86. The maximum atomic E-state index is 12.5. The second-order valence-electron chi connectivity index (χ2n) is 5.05. The monoisotopic (exact) mass is 313 g/mol. The Labute approximate surface area is 124 Å². The van der Waals surface area contributed by atoms with Crippen LogP contribution in [-0.4, -0.2) is 43.5 Å². The molecule has 1 saturated heterocycles. The number of rotatable bonds is 5. The van der Waals surface area contributed by atoms with Gasteiger partial charge in [-0.3, -0.25) is 4.79 Å². The van der Waals surface area contributed by atoms with Crippen LogP contribution in [0.2, 0.25) is 0 Å². The van der Waals surface area contributed by atoms with Crippen molar-refractivity contribution in [3.8, 4) is 5.75 Å². The molecule has 0 bridgehead atoms. The minimum atomic E-state index is -3.64. The van der Waals surface area contributed by atoms with Crippen LogP contribution in [0.1, 0.15) is 18.9 Å². The van der Waals surface area contributed by atoms with Gasteiger partial charge >= 0.3 is 5.97 Å². The fourth-order valence-corrected chi connectivity index (χ4v) is 3.98. The molecule has 0 aromatic heterocycles. The zero-order valence-corrected chi connectivity index (χ0v) is 12.9. The normalized spacial score (nSPS) is 19.6. The molecule has 1 unspecified atom stereocenters. The minimum absolute atomic E-state index is 0.0317. The average molecular weight is 313 g/mol. The third kappa shape index (κ3) is 3.19. The van der Waals surface area contributed by atoms with Crippen molar-refractivity contribution in [2.24, 2.45) is 5.92 Å². The number of aliphatic carboxylic acids is 1. The second-order valence-corrected chi connectivity index (χ2v) is 6.99. The number of carboxylic acids is 1. The first-order valence-corrected chi connectivity index (χ1v) is 8.26. The molecule has 0 saturated carbocycles. The van der Waals surface area contributed by atoms with Crippen LogP contribution in [0, 0.1) is 12.8 Å². The van der Waals surface area contributed by atoms with Gasteiger partial charge in [-0.2, -0.15) is 4.31 Å². The lowest BCUT2D eigenvalue weighted by Gasteiger charge is -2.17. The van der Waals surface area contributed by atoms with Crippen molar-refractivity contribution in [3.63, 3.8) is 0 Å². The van der Waals surface area contributed by atoms with Gasteiger partial charge in [-0.25, -0.2) is 8.42 Å². The molecule has 0 spiro atoms. The van der Waals surface area contributed by atoms with Crippen LogP contribution in [0.15, 0.2) is 23.1 Å². The first kappa shape index (κ1) is 15.8. The maximum Gasteiger partial charge on any atom is 0.307 e. The summed E-state index contributed by atoms with van der Waals surface area (Å²) in [7, 11) is -3.64. The van der Waals surface area contributed by atoms with E-state index >= 15 is 0 Å². The van der Waals surface area contributed by atoms with Gasteiger partial charge in [0.2, 0.25) is 10.0 Å². The third-order valence-corrected chi connectivity index (χ3v) is 5.45. The number of benzene rings is 1. The number of aryl methyl sites for hydroxylation is 1. The van der Waals surface area contributed by atoms with Crippen LogP contribution in [0.3, 0.4) is 0 Å². The van der Waals surface area contributed by atoms with Crippen LogP contribution >= 0.6 is 0 Å². The number of hydrogen-bond acceptors (Lipinski definition) is 4. The summed E-state index contributed by atoms with van der Waals surface area (Å²) in [6.45, 7) is 4.43. The summed E-state index contributed by atoms with van der Waals surface area (Å²) in [6, 6.07) is 4.70. The van der Waals surface area contributed by atoms with E-state index in [-0.39, 0.29) is 18.0 Å². The average Bonchev–Trinajstić information content (AvgIpc) is 2.91. The second kappa shape index (κ2) is 6.03. The first-order valence-electron chi connectivity index (χ1n) is 6.82. The Balaban J connectivity index is 2.24. The van der Waals surface area contributed by atoms with Crippen molar-refractivity contribution in [2.75, 3.05) is 19.7 Å². The molecule has 1 aromatic carbocycles. The molecule has 1 atom stereocenters. The maximum absolute atomic E-state index is 12.5. The summed E-state index contributed by atoms with van der Waals surface area (Å²) in [6.07, 6.45) is 0.352. The van der Waals surface area contributed by atoms with Gasteiger partial charge in [-0.15, -0.1) is 0 Å². The van der Waals surface area contributed by atoms with Gasteiger partial charge in [0.15, 0.2) is 0 Å². The molecule has 1 N–H and O–H groups in total. The van der Waals surface area contributed by atoms with Crippen LogP contribution < -0.4 is 4.74 Å². The Morgan fingerprint density at radius 3 is 2.71 bits per heavy atom. The highest BCUT2D eigenvalue weighted by Crippen LogP contribution is 2.27. The van der Waals surface area contributed by atoms with E-state index in [4.69, 9.17) is 9.84 Å². The Bertz CT molecular complexity index is 641. The number of carbonyl (C=O) groups is 1. The van der Waals surface area contributed by atoms with Crippen molar-refractivity contribution in [1.29, 1.82) is 0 Å². The van der Waals surface area contributed by atoms with Crippen molar-refractivity contribution >= 4 is 16.0 Å². The zero-order chi connectivity index (χ0) is 15.6. The van der Waals surface area contributed by atoms with Crippen LogP contribution in [-0.2, 0) is 14.8 Å². The SMILES string of the molecule is CCOc1ccc(S(=O)(=O)N2CCC(C(=O)O)C2)cc1C. The molecule has 2 rings (SSSR count). The topological polar surface area (TPSA) is 83.9 Å². The Kier molecular flexibility index (Phi) is 4.53. The molecule has 116 valence electrons. The standard InChI is InChI=1S/C14H19NO5S/c1-3-20-13-5-4-12(8-10(13)2)21(18,19)15-7-6-11(9-15)14(16)17/h4-5,8,11H,3,6-7,9H2,1-2H3,(H,16,17). The molecule has 1 fully saturated rings. The van der Waals surface area contributed by atoms with E-state index in [9.17, 15) is 13.2 Å². The van der Waals surface area contributed by atoms with Gasteiger partial charge < -0.3 is 9.84 Å². The minimum Gasteiger partial charge on any atom is -0.494 e. The number of nitrogens with zero attached hydrogens (tertiary/aromatic N) is 1. The summed E-state index contributed by atoms with van der Waals surface area (Å²) < 4.78 is 31.7. The van der Waals surface area contributed by atoms with E-state index in [1.54, 1.807) is 19.1 Å². The lowest BCUT2D eigenvalue weighted by Crippen LogP contribution is -2.30. The van der Waals surface area contributed by atoms with Crippen LogP contribution in [0.5, 0.6) is 5.75 Å². The van der Waals surface area contributed by atoms with Gasteiger partial charge in [-0.05, 0) is 44.0 Å². The summed E-state index contributed by atoms with van der Waals surface area (Å²) in [5.74, 6) is -0.916. The molecule has 0 aliphatic carbocycles. The predicted octanol–water partition coefficient (Wildman–Crippen LogP) is 1.49. The molecule has 1 heterocycles. The largest absolute Gasteiger partial charge is 0.494 e. The number of ether oxygens (including phenoxy) is 1. The smallest absolute Gasteiger partial charge is 0.307 e. The fourth-order valence-electron chi connectivity index (χ4n) is 2.40. The molecule has 1 aliphatic heterocycles. The summed E-state index contributed by atoms with van der Waals surface area (Å²) in [5.41, 5.74) is 0.743. The molecular formula is C14H19NO5S. The highest BCUT2D eigenvalue weighted by atomic mass is 32.2. The third-order valence-electron chi connectivity index (χ3n) is 3.58. The van der Waals surface area contributed by atoms with E-state index in [1.807, 2.05) is 6.92 Å². The lowest BCUT2D eigenvalue weighted by molar-refractivity contribution is -0.141. The van der Waals surface area contributed by atoms with Crippen molar-refractivity contribution in [1.82, 2.24) is 4.31 Å². The summed E-state index contributed by atoms with van der Waals surface area (Å²) in [5, 5.41) is 8.97. The number of sulfonamides is 1. The van der Waals surface area contributed by atoms with E-state index in [1.165, 1.54) is 10.4 Å². The Morgan fingerprint density at radius 1 is 1.48 bits per heavy atom. The highest BCUT2D eigenvalue weighted by Gasteiger charge is 2.35. The van der Waals surface area contributed by atoms with Gasteiger partial charge in [-0.1, -0.05) is 0 Å². The lowest BCUT2D eigenvalue weighted by atomic mass is 10.1. The molecule has 21 heavy (non-hydrogen) atoms. The molecule has 0 amide bonds. The van der Waals surface area contributed by atoms with Crippen molar-refractivity contribution in [3.05, 3.63) is 23.8 Å². The highest BCUT2D eigenvalue weighted by molar-refractivity contribution is 7.89. The molecule has 1 aromatic rings. The predicted molar refractivity (Wildman–Crippen MR) is 76.8 cm³/mol. The quantitative estimate of drug-likeness (QED) is 0.890. The van der Waals surface area contributed by atoms with Crippen LogP contribution in [0.25, 0.3) is 0 Å². The summed E-state index contributed by atoms with van der Waals surface area (Å²) >= 11 is 0. The Hall–Kier alpha value is -1.60. The number of hydrogen-bond donors (Lipinski definition) is 1. The van der Waals surface area contributed by atoms with Crippen molar-refractivity contribution < 1.29 is 23.1 Å². The van der Waals surface area contributed by atoms with Crippen molar-refractivity contribution in [2.45, 2.75) is 25.2 Å². The Morgan fingerprint density at radius 2 is 2.19 bits per heavy atom. The van der Waals surface area contributed by atoms with Gasteiger partial charge in [0.05, 0.1) is 17.4 Å². The van der Waals surface area contributed by atoms with E-state index in [2.05, 4.69) is 0 Å². The van der Waals surface area contributed by atoms with Gasteiger partial charge in [0.1, 0.15) is 5.75 Å². The fraction of sp³-hybridized carbons (Fsp3) is 0.500. The van der Waals surface area contributed by atoms with Gasteiger partial charge in [0.25, 0.3) is 0 Å². The molecule has 6 nitrogen and oxygen atoms in total. The van der Waals surface area contributed by atoms with E-state index in [0.29, 0.717) is 18.8 Å². The van der Waals surface area contributed by atoms with Crippen LogP contribution in [0.4, 0.5) is 0 Å². The van der Waals surface area contributed by atoms with E-state index < -0.39 is 21.9 Å².